The molecule has 0 N–H and O–H groups in total. The number of nitrogens with zero attached hydrogens (tertiary/aromatic N) is 4. The highest BCUT2D eigenvalue weighted by molar-refractivity contribution is 7.18. The normalized spacial score (nSPS) is 33.6. The maximum atomic E-state index is 13.6. The molecule has 4 saturated carbocycles. The highest BCUT2D eigenvalue weighted by Crippen LogP contribution is 2.60. The fourth-order valence-electron chi connectivity index (χ4n) is 7.15. The number of piperazine rings is 1. The molecule has 3 heterocycles. The van der Waals surface area contributed by atoms with Crippen molar-refractivity contribution in [1.82, 2.24) is 14.9 Å². The lowest BCUT2D eigenvalue weighted by Crippen LogP contribution is -2.58. The second-order valence-electron chi connectivity index (χ2n) is 9.96. The number of thiophene rings is 1. The molecule has 1 amide bonds. The molecular weight excluding hydrogens is 380 g/mol. The van der Waals surface area contributed by atoms with Gasteiger partial charge in [-0.25, -0.2) is 9.97 Å². The minimum absolute atomic E-state index is 0.0114. The molecule has 1 saturated heterocycles. The Balaban J connectivity index is 1.18. The third kappa shape index (κ3) is 2.89. The Morgan fingerprint density at radius 2 is 1.72 bits per heavy atom. The first-order valence-electron chi connectivity index (χ1n) is 11.4. The molecule has 0 aromatic carbocycles. The van der Waals surface area contributed by atoms with E-state index in [4.69, 9.17) is 0 Å². The molecule has 2 aromatic heterocycles. The highest BCUT2D eigenvalue weighted by Gasteiger charge is 2.55. The zero-order valence-electron chi connectivity index (χ0n) is 17.3. The lowest BCUT2D eigenvalue weighted by molar-refractivity contribution is -0.158. The highest BCUT2D eigenvalue weighted by atomic mass is 32.1. The van der Waals surface area contributed by atoms with Crippen molar-refractivity contribution in [1.29, 1.82) is 0 Å². The van der Waals surface area contributed by atoms with Crippen LogP contribution in [0.3, 0.4) is 0 Å². The standard InChI is InChI=1S/C23H30N4OS/c1-2-18-10-19-20(24-14-25-21(19)29-18)26-3-5-27(6-4-26)22(28)23-11-15-7-16(12-23)9-17(8-15)13-23/h10,14-17H,2-9,11-13H2,1H3. The number of aromatic nitrogens is 2. The summed E-state index contributed by atoms with van der Waals surface area (Å²) < 4.78 is 0. The molecule has 154 valence electrons. The van der Waals surface area contributed by atoms with Crippen molar-refractivity contribution < 1.29 is 4.79 Å². The molecule has 0 radical (unpaired) electrons. The van der Waals surface area contributed by atoms with Crippen molar-refractivity contribution in [2.75, 3.05) is 31.1 Å². The topological polar surface area (TPSA) is 49.3 Å². The molecule has 5 fully saturated rings. The Morgan fingerprint density at radius 3 is 2.34 bits per heavy atom. The Labute approximate surface area is 176 Å². The van der Waals surface area contributed by atoms with Gasteiger partial charge in [-0.05, 0) is 68.8 Å². The van der Waals surface area contributed by atoms with E-state index in [1.807, 2.05) is 0 Å². The predicted molar refractivity (Wildman–Crippen MR) is 116 cm³/mol. The van der Waals surface area contributed by atoms with Crippen molar-refractivity contribution in [3.63, 3.8) is 0 Å². The number of aryl methyl sites for hydroxylation is 1. The van der Waals surface area contributed by atoms with Gasteiger partial charge in [-0.3, -0.25) is 4.79 Å². The lowest BCUT2D eigenvalue weighted by atomic mass is 9.49. The smallest absolute Gasteiger partial charge is 0.228 e. The maximum Gasteiger partial charge on any atom is 0.228 e. The SMILES string of the molecule is CCc1cc2c(N3CCN(C(=O)C45CC6CC(CC(C6)C4)C5)CC3)ncnc2s1. The summed E-state index contributed by atoms with van der Waals surface area (Å²) in [5.41, 5.74) is -0.0114. The molecule has 0 atom stereocenters. The fraction of sp³-hybridized carbons (Fsp3) is 0.696. The van der Waals surface area contributed by atoms with Gasteiger partial charge in [-0.2, -0.15) is 0 Å². The molecule has 4 aliphatic carbocycles. The van der Waals surface area contributed by atoms with E-state index >= 15 is 0 Å². The Bertz CT molecular complexity index is 910. The molecule has 0 spiro atoms. The Morgan fingerprint density at radius 1 is 1.07 bits per heavy atom. The molecule has 1 aliphatic heterocycles. The molecule has 29 heavy (non-hydrogen) atoms. The average molecular weight is 411 g/mol. The van der Waals surface area contributed by atoms with Crippen LogP contribution >= 0.6 is 11.3 Å². The van der Waals surface area contributed by atoms with Gasteiger partial charge in [0.05, 0.1) is 10.8 Å². The largest absolute Gasteiger partial charge is 0.352 e. The van der Waals surface area contributed by atoms with Crippen LogP contribution in [-0.4, -0.2) is 47.0 Å². The molecule has 5 aliphatic rings. The van der Waals surface area contributed by atoms with Gasteiger partial charge in [0, 0.05) is 31.1 Å². The lowest BCUT2D eigenvalue weighted by Gasteiger charge is -2.57. The number of fused-ring (bicyclic) bond motifs is 1. The summed E-state index contributed by atoms with van der Waals surface area (Å²) in [6.07, 6.45) is 10.4. The molecule has 4 bridgehead atoms. The summed E-state index contributed by atoms with van der Waals surface area (Å²) in [7, 11) is 0. The van der Waals surface area contributed by atoms with Crippen LogP contribution in [0.15, 0.2) is 12.4 Å². The summed E-state index contributed by atoms with van der Waals surface area (Å²) in [5, 5.41) is 1.18. The van der Waals surface area contributed by atoms with Gasteiger partial charge in [-0.1, -0.05) is 6.92 Å². The minimum Gasteiger partial charge on any atom is -0.352 e. The quantitative estimate of drug-likeness (QED) is 0.764. The van der Waals surface area contributed by atoms with Crippen molar-refractivity contribution >= 4 is 33.3 Å². The molecule has 6 heteroatoms. The first-order valence-corrected chi connectivity index (χ1v) is 12.2. The van der Waals surface area contributed by atoms with Crippen LogP contribution in [0.4, 0.5) is 5.82 Å². The minimum atomic E-state index is -0.0114. The number of rotatable bonds is 3. The van der Waals surface area contributed by atoms with Crippen LogP contribution in [0.5, 0.6) is 0 Å². The third-order valence-corrected chi connectivity index (χ3v) is 9.25. The van der Waals surface area contributed by atoms with E-state index in [1.165, 1.54) is 48.8 Å². The summed E-state index contributed by atoms with van der Waals surface area (Å²) in [5.74, 6) is 4.01. The van der Waals surface area contributed by atoms with E-state index in [-0.39, 0.29) is 5.41 Å². The van der Waals surface area contributed by atoms with E-state index < -0.39 is 0 Å². The number of carbonyl (C=O) groups is 1. The van der Waals surface area contributed by atoms with Gasteiger partial charge in [0.25, 0.3) is 0 Å². The van der Waals surface area contributed by atoms with Gasteiger partial charge in [0.15, 0.2) is 0 Å². The zero-order chi connectivity index (χ0) is 19.6. The van der Waals surface area contributed by atoms with E-state index in [9.17, 15) is 4.79 Å². The average Bonchev–Trinajstić information content (AvgIpc) is 3.16. The zero-order valence-corrected chi connectivity index (χ0v) is 18.1. The van der Waals surface area contributed by atoms with Crippen LogP contribution in [0.1, 0.15) is 50.3 Å². The Hall–Kier alpha value is -1.69. The number of anilines is 1. The van der Waals surface area contributed by atoms with E-state index in [0.29, 0.717) is 5.91 Å². The van der Waals surface area contributed by atoms with Crippen LogP contribution in [0, 0.1) is 23.2 Å². The van der Waals surface area contributed by atoms with Crippen molar-refractivity contribution in [2.24, 2.45) is 23.2 Å². The van der Waals surface area contributed by atoms with Gasteiger partial charge in [0.1, 0.15) is 17.0 Å². The van der Waals surface area contributed by atoms with Crippen LogP contribution in [0.25, 0.3) is 10.2 Å². The number of hydrogen-bond acceptors (Lipinski definition) is 5. The van der Waals surface area contributed by atoms with Crippen molar-refractivity contribution in [3.8, 4) is 0 Å². The molecule has 5 nitrogen and oxygen atoms in total. The maximum absolute atomic E-state index is 13.6. The molecule has 2 aromatic rings. The van der Waals surface area contributed by atoms with Crippen LogP contribution in [-0.2, 0) is 11.2 Å². The molecular formula is C23H30N4OS. The van der Waals surface area contributed by atoms with Gasteiger partial charge in [-0.15, -0.1) is 11.3 Å². The van der Waals surface area contributed by atoms with Gasteiger partial charge in [0.2, 0.25) is 5.91 Å². The summed E-state index contributed by atoms with van der Waals surface area (Å²) >= 11 is 1.77. The van der Waals surface area contributed by atoms with E-state index in [0.717, 1.165) is 61.0 Å². The summed E-state index contributed by atoms with van der Waals surface area (Å²) in [6.45, 7) is 5.60. The van der Waals surface area contributed by atoms with Gasteiger partial charge >= 0.3 is 0 Å². The number of carbonyl (C=O) groups excluding carboxylic acids is 1. The number of hydrogen-bond donors (Lipinski definition) is 0. The summed E-state index contributed by atoms with van der Waals surface area (Å²) in [4.78, 5) is 29.7. The first kappa shape index (κ1) is 18.1. The van der Waals surface area contributed by atoms with Crippen LogP contribution < -0.4 is 4.90 Å². The Kier molecular flexibility index (Phi) is 4.16. The van der Waals surface area contributed by atoms with E-state index in [1.54, 1.807) is 17.7 Å². The third-order valence-electron chi connectivity index (χ3n) is 8.07. The van der Waals surface area contributed by atoms with E-state index in [2.05, 4.69) is 32.8 Å². The van der Waals surface area contributed by atoms with Crippen molar-refractivity contribution in [2.45, 2.75) is 51.9 Å². The second-order valence-corrected chi connectivity index (χ2v) is 11.1. The monoisotopic (exact) mass is 410 g/mol. The van der Waals surface area contributed by atoms with Crippen LogP contribution in [0.2, 0.25) is 0 Å². The molecule has 0 unspecified atom stereocenters. The summed E-state index contributed by atoms with van der Waals surface area (Å²) in [6, 6.07) is 2.25. The first-order chi connectivity index (χ1) is 14.1. The van der Waals surface area contributed by atoms with Gasteiger partial charge < -0.3 is 9.80 Å². The fourth-order valence-corrected chi connectivity index (χ4v) is 8.08. The second kappa shape index (κ2) is 6.66. The number of amides is 1. The van der Waals surface area contributed by atoms with Crippen molar-refractivity contribution in [3.05, 3.63) is 17.3 Å². The predicted octanol–water partition coefficient (Wildman–Crippen LogP) is 4.12. The molecule has 7 rings (SSSR count).